The number of carbonyl (C=O) groups is 3. The van der Waals surface area contributed by atoms with Gasteiger partial charge >= 0.3 is 12.0 Å². The van der Waals surface area contributed by atoms with E-state index >= 15 is 0 Å². The number of likely N-dealkylation sites (tertiary alicyclic amines) is 1. The van der Waals surface area contributed by atoms with Crippen molar-refractivity contribution in [3.8, 4) is 0 Å². The molecular formula is C28H23ClN2O4S2. The third-order valence-electron chi connectivity index (χ3n) is 6.67. The van der Waals surface area contributed by atoms with Gasteiger partial charge in [0.25, 0.3) is 0 Å². The molecule has 4 aromatic rings. The molecule has 1 aliphatic heterocycles. The van der Waals surface area contributed by atoms with E-state index in [1.165, 1.54) is 27.6 Å². The van der Waals surface area contributed by atoms with Crippen molar-refractivity contribution in [1.29, 1.82) is 0 Å². The highest BCUT2D eigenvalue weighted by Gasteiger charge is 2.58. The number of nitrogens with one attached hydrogen (secondary N) is 1. The number of Topliss-reactive ketones (excluding diaryl/α,β-unsaturated/α-hetero) is 1. The molecule has 0 radical (unpaired) electrons. The number of para-hydroxylation sites is 1. The lowest BCUT2D eigenvalue weighted by Crippen LogP contribution is -2.45. The van der Waals surface area contributed by atoms with Crippen molar-refractivity contribution < 1.29 is 19.5 Å². The molecule has 2 amide bonds. The van der Waals surface area contributed by atoms with E-state index in [0.29, 0.717) is 21.2 Å². The summed E-state index contributed by atoms with van der Waals surface area (Å²) in [5.74, 6) is -2.98. The molecule has 188 valence electrons. The minimum absolute atomic E-state index is 0.186. The van der Waals surface area contributed by atoms with Gasteiger partial charge in [-0.25, -0.2) is 9.59 Å². The van der Waals surface area contributed by atoms with E-state index in [1.54, 1.807) is 60.7 Å². The summed E-state index contributed by atoms with van der Waals surface area (Å²) in [6.07, 6.45) is 0. The summed E-state index contributed by atoms with van der Waals surface area (Å²) in [6.45, 7) is 1.91. The summed E-state index contributed by atoms with van der Waals surface area (Å²) in [6, 6.07) is 18.5. The van der Waals surface area contributed by atoms with Crippen molar-refractivity contribution in [1.82, 2.24) is 4.90 Å². The Hall–Kier alpha value is -3.46. The third-order valence-corrected chi connectivity index (χ3v) is 8.90. The fraction of sp³-hybridized carbons (Fsp3) is 0.179. The highest BCUT2D eigenvalue weighted by atomic mass is 35.5. The molecule has 4 atom stereocenters. The standard InChI is InChI=1S/C28H23ClN2O4S2/c1-16-13-15-37-26(16)23-22(25(32)20-8-5-14-36-20)21(17-9-11-18(29)12-10-17)24(27(33)34)31(23)28(35)30-19-6-3-2-4-7-19/h2-15,21-24H,1H3,(H,30,35)(H,33,34). The van der Waals surface area contributed by atoms with Crippen molar-refractivity contribution >= 4 is 57.7 Å². The van der Waals surface area contributed by atoms with Crippen molar-refractivity contribution in [2.75, 3.05) is 5.32 Å². The van der Waals surface area contributed by atoms with Gasteiger partial charge in [-0.15, -0.1) is 22.7 Å². The number of rotatable bonds is 6. The Kier molecular flexibility index (Phi) is 7.15. The van der Waals surface area contributed by atoms with Gasteiger partial charge in [0.15, 0.2) is 5.78 Å². The van der Waals surface area contributed by atoms with Gasteiger partial charge in [0.1, 0.15) is 6.04 Å². The number of aryl methyl sites for hydroxylation is 1. The maximum atomic E-state index is 14.1. The Morgan fingerprint density at radius 1 is 0.919 bits per heavy atom. The van der Waals surface area contributed by atoms with Gasteiger partial charge in [-0.2, -0.15) is 0 Å². The molecule has 0 aliphatic carbocycles. The van der Waals surface area contributed by atoms with Gasteiger partial charge in [-0.1, -0.05) is 48.0 Å². The molecule has 5 rings (SSSR count). The van der Waals surface area contributed by atoms with E-state index < -0.39 is 35.9 Å². The van der Waals surface area contributed by atoms with Crippen LogP contribution in [0.4, 0.5) is 10.5 Å². The molecule has 6 nitrogen and oxygen atoms in total. The average molecular weight is 551 g/mol. The van der Waals surface area contributed by atoms with Crippen LogP contribution in [0.15, 0.2) is 83.6 Å². The van der Waals surface area contributed by atoms with Gasteiger partial charge < -0.3 is 15.3 Å². The first-order chi connectivity index (χ1) is 17.9. The number of nitrogens with zero attached hydrogens (tertiary/aromatic N) is 1. The molecule has 1 aliphatic rings. The number of hydrogen-bond donors (Lipinski definition) is 2. The minimum Gasteiger partial charge on any atom is -0.480 e. The monoisotopic (exact) mass is 550 g/mol. The quantitative estimate of drug-likeness (QED) is 0.251. The van der Waals surface area contributed by atoms with Crippen LogP contribution in [0.3, 0.4) is 0 Å². The van der Waals surface area contributed by atoms with Gasteiger partial charge in [-0.05, 0) is 65.2 Å². The zero-order valence-electron chi connectivity index (χ0n) is 19.7. The average Bonchev–Trinajstić information content (AvgIpc) is 3.63. The zero-order chi connectivity index (χ0) is 26.1. The number of aliphatic carboxylic acids is 1. The Morgan fingerprint density at radius 2 is 1.65 bits per heavy atom. The second kappa shape index (κ2) is 10.5. The fourth-order valence-electron chi connectivity index (χ4n) is 5.09. The second-order valence-corrected chi connectivity index (χ2v) is 11.2. The van der Waals surface area contributed by atoms with Crippen molar-refractivity contribution in [2.24, 2.45) is 5.92 Å². The van der Waals surface area contributed by atoms with E-state index in [9.17, 15) is 19.5 Å². The lowest BCUT2D eigenvalue weighted by atomic mass is 9.78. The van der Waals surface area contributed by atoms with Crippen LogP contribution in [-0.2, 0) is 4.79 Å². The maximum Gasteiger partial charge on any atom is 0.327 e. The molecular weight excluding hydrogens is 528 g/mol. The number of carbonyl (C=O) groups excluding carboxylic acids is 2. The number of amides is 2. The predicted octanol–water partition coefficient (Wildman–Crippen LogP) is 7.10. The van der Waals surface area contributed by atoms with Crippen LogP contribution in [0.5, 0.6) is 0 Å². The van der Waals surface area contributed by atoms with Gasteiger partial charge in [0, 0.05) is 21.5 Å². The van der Waals surface area contributed by atoms with Crippen LogP contribution in [0.1, 0.15) is 37.6 Å². The number of hydrogen-bond acceptors (Lipinski definition) is 5. The Balaban J connectivity index is 1.71. The van der Waals surface area contributed by atoms with Crippen LogP contribution in [0.2, 0.25) is 5.02 Å². The van der Waals surface area contributed by atoms with E-state index in [-0.39, 0.29) is 5.78 Å². The molecule has 1 fully saturated rings. The van der Waals surface area contributed by atoms with Crippen molar-refractivity contribution in [2.45, 2.75) is 24.9 Å². The molecule has 2 aromatic heterocycles. The molecule has 2 N–H and O–H groups in total. The Morgan fingerprint density at radius 3 is 2.24 bits per heavy atom. The molecule has 1 saturated heterocycles. The van der Waals surface area contributed by atoms with Crippen LogP contribution >= 0.6 is 34.3 Å². The lowest BCUT2D eigenvalue weighted by molar-refractivity contribution is -0.142. The largest absolute Gasteiger partial charge is 0.480 e. The number of ketones is 1. The number of carboxylic acid groups (broad SMARTS) is 1. The summed E-state index contributed by atoms with van der Waals surface area (Å²) in [5, 5.41) is 17.6. The Bertz CT molecular complexity index is 1420. The summed E-state index contributed by atoms with van der Waals surface area (Å²) in [4.78, 5) is 43.6. The lowest BCUT2D eigenvalue weighted by Gasteiger charge is -2.30. The zero-order valence-corrected chi connectivity index (χ0v) is 22.1. The first-order valence-corrected chi connectivity index (χ1v) is 13.7. The van der Waals surface area contributed by atoms with Crippen molar-refractivity contribution in [3.05, 3.63) is 109 Å². The second-order valence-electron chi connectivity index (χ2n) is 8.84. The third kappa shape index (κ3) is 4.80. The molecule has 0 bridgehead atoms. The van der Waals surface area contributed by atoms with Gasteiger partial charge in [-0.3, -0.25) is 4.79 Å². The van der Waals surface area contributed by atoms with E-state index in [1.807, 2.05) is 29.8 Å². The highest BCUT2D eigenvalue weighted by Crippen LogP contribution is 2.53. The van der Waals surface area contributed by atoms with E-state index in [2.05, 4.69) is 5.32 Å². The first-order valence-electron chi connectivity index (χ1n) is 11.6. The van der Waals surface area contributed by atoms with Crippen molar-refractivity contribution in [3.63, 3.8) is 0 Å². The fourth-order valence-corrected chi connectivity index (χ4v) is 7.00. The first kappa shape index (κ1) is 25.2. The molecule has 9 heteroatoms. The number of benzene rings is 2. The SMILES string of the molecule is Cc1ccsc1C1C(C(=O)c2cccs2)C(c2ccc(Cl)cc2)C(C(=O)O)N1C(=O)Nc1ccccc1. The topological polar surface area (TPSA) is 86.7 Å². The molecule has 37 heavy (non-hydrogen) atoms. The van der Waals surface area contributed by atoms with Crippen LogP contribution in [0, 0.1) is 12.8 Å². The molecule has 2 aromatic carbocycles. The van der Waals surface area contributed by atoms with E-state index in [0.717, 1.165) is 10.4 Å². The van der Waals surface area contributed by atoms with Crippen LogP contribution < -0.4 is 5.32 Å². The Labute approximate surface area is 227 Å². The smallest absolute Gasteiger partial charge is 0.327 e. The highest BCUT2D eigenvalue weighted by molar-refractivity contribution is 7.12. The van der Waals surface area contributed by atoms with Crippen LogP contribution in [0.25, 0.3) is 0 Å². The minimum atomic E-state index is -1.29. The maximum absolute atomic E-state index is 14.1. The predicted molar refractivity (Wildman–Crippen MR) is 147 cm³/mol. The summed E-state index contributed by atoms with van der Waals surface area (Å²) in [5.41, 5.74) is 2.08. The summed E-state index contributed by atoms with van der Waals surface area (Å²) >= 11 is 8.87. The number of anilines is 1. The van der Waals surface area contributed by atoms with Gasteiger partial charge in [0.05, 0.1) is 16.8 Å². The van der Waals surface area contributed by atoms with Crippen LogP contribution in [-0.4, -0.2) is 33.8 Å². The molecule has 4 unspecified atom stereocenters. The molecule has 0 spiro atoms. The normalized spacial score (nSPS) is 21.1. The van der Waals surface area contributed by atoms with Gasteiger partial charge in [0.2, 0.25) is 0 Å². The summed E-state index contributed by atoms with van der Waals surface area (Å²) in [7, 11) is 0. The molecule has 0 saturated carbocycles. The number of halogens is 1. The summed E-state index contributed by atoms with van der Waals surface area (Å²) < 4.78 is 0. The number of carboxylic acids is 1. The number of thiophene rings is 2. The van der Waals surface area contributed by atoms with E-state index in [4.69, 9.17) is 11.6 Å². The molecule has 3 heterocycles. The number of urea groups is 1.